The van der Waals surface area contributed by atoms with Crippen LogP contribution in [0.5, 0.6) is 0 Å². The number of rotatable bonds is 8. The average molecular weight is 480 g/mol. The van der Waals surface area contributed by atoms with E-state index in [0.717, 1.165) is 56.0 Å². The molecule has 3 aromatic rings. The molecule has 0 radical (unpaired) electrons. The number of benzene rings is 2. The van der Waals surface area contributed by atoms with Crippen molar-refractivity contribution in [3.63, 3.8) is 0 Å². The van der Waals surface area contributed by atoms with Crippen molar-refractivity contribution in [2.24, 2.45) is 7.05 Å². The second-order valence-corrected chi connectivity index (χ2v) is 11.5. The third kappa shape index (κ3) is 4.64. The molecule has 1 aromatic heterocycles. The second kappa shape index (κ2) is 9.55. The molecule has 2 aliphatic carbocycles. The van der Waals surface area contributed by atoms with Crippen LogP contribution in [0.25, 0.3) is 10.8 Å². The zero-order chi connectivity index (χ0) is 23.7. The third-order valence-electron chi connectivity index (χ3n) is 7.30. The van der Waals surface area contributed by atoms with Gasteiger partial charge in [-0.2, -0.15) is 4.31 Å². The molecule has 34 heavy (non-hydrogen) atoms. The van der Waals surface area contributed by atoms with Crippen molar-refractivity contribution < 1.29 is 13.2 Å². The van der Waals surface area contributed by atoms with E-state index in [0.29, 0.717) is 16.8 Å². The van der Waals surface area contributed by atoms with E-state index >= 15 is 0 Å². The molecule has 0 atom stereocenters. The first-order chi connectivity index (χ1) is 16.4. The summed E-state index contributed by atoms with van der Waals surface area (Å²) in [4.78, 5) is 15.9. The van der Waals surface area contributed by atoms with Crippen LogP contribution in [0.2, 0.25) is 0 Å². The van der Waals surface area contributed by atoms with Crippen LogP contribution in [0.15, 0.2) is 65.7 Å². The molecule has 1 heterocycles. The topological polar surface area (TPSA) is 62.6 Å². The standard InChI is InChI=1S/C27H33N3O3S/c1-28-18-8-13-24(28)19-29(22-16-17-22)27(31)20-30(23-11-3-2-4-12-23)34(32,33)26-15-7-10-21-9-5-6-14-25(21)26/h5-10,13-15,18,22-23H,2-4,11-12,16-17,19-20H2,1H3. The summed E-state index contributed by atoms with van der Waals surface area (Å²) in [5, 5.41) is 1.60. The molecule has 0 bridgehead atoms. The lowest BCUT2D eigenvalue weighted by Crippen LogP contribution is -2.48. The molecule has 0 saturated heterocycles. The highest BCUT2D eigenvalue weighted by molar-refractivity contribution is 7.89. The van der Waals surface area contributed by atoms with Gasteiger partial charge in [0, 0.05) is 36.4 Å². The molecule has 2 aliphatic rings. The molecule has 6 nitrogen and oxygen atoms in total. The van der Waals surface area contributed by atoms with E-state index in [1.54, 1.807) is 12.1 Å². The molecule has 2 fully saturated rings. The number of nitrogens with zero attached hydrogens (tertiary/aromatic N) is 3. The number of carbonyl (C=O) groups is 1. The molecule has 180 valence electrons. The Balaban J connectivity index is 1.48. The number of aryl methyl sites for hydroxylation is 1. The summed E-state index contributed by atoms with van der Waals surface area (Å²) in [5.74, 6) is -0.0990. The quantitative estimate of drug-likeness (QED) is 0.471. The van der Waals surface area contributed by atoms with E-state index in [2.05, 4.69) is 0 Å². The van der Waals surface area contributed by atoms with Crippen molar-refractivity contribution in [2.75, 3.05) is 6.54 Å². The summed E-state index contributed by atoms with van der Waals surface area (Å²) in [7, 11) is -1.87. The SMILES string of the molecule is Cn1cccc1CN(C(=O)CN(C1CCCCC1)S(=O)(=O)c1cccc2ccccc12)C1CC1. The van der Waals surface area contributed by atoms with Gasteiger partial charge in [0.05, 0.1) is 18.0 Å². The van der Waals surface area contributed by atoms with Gasteiger partial charge >= 0.3 is 0 Å². The Morgan fingerprint density at radius 2 is 1.65 bits per heavy atom. The van der Waals surface area contributed by atoms with Crippen LogP contribution in [0.3, 0.4) is 0 Å². The lowest BCUT2D eigenvalue weighted by Gasteiger charge is -2.35. The zero-order valence-electron chi connectivity index (χ0n) is 19.8. The van der Waals surface area contributed by atoms with Gasteiger partial charge in [0.1, 0.15) is 0 Å². The normalized spacial score (nSPS) is 17.4. The van der Waals surface area contributed by atoms with Crippen molar-refractivity contribution in [1.82, 2.24) is 13.8 Å². The van der Waals surface area contributed by atoms with E-state index in [4.69, 9.17) is 0 Å². The molecule has 2 aromatic carbocycles. The fraction of sp³-hybridized carbons (Fsp3) is 0.444. The fourth-order valence-corrected chi connectivity index (χ4v) is 7.04. The number of fused-ring (bicyclic) bond motifs is 1. The smallest absolute Gasteiger partial charge is 0.244 e. The molecular formula is C27H33N3O3S. The Bertz CT molecular complexity index is 1270. The predicted molar refractivity (Wildman–Crippen MR) is 134 cm³/mol. The summed E-state index contributed by atoms with van der Waals surface area (Å²) in [5.41, 5.74) is 1.06. The van der Waals surface area contributed by atoms with Gasteiger partial charge in [-0.25, -0.2) is 8.42 Å². The molecule has 2 saturated carbocycles. The number of sulfonamides is 1. The summed E-state index contributed by atoms with van der Waals surface area (Å²) in [6.45, 7) is 0.414. The van der Waals surface area contributed by atoms with E-state index < -0.39 is 10.0 Å². The Morgan fingerprint density at radius 3 is 2.35 bits per heavy atom. The van der Waals surface area contributed by atoms with Crippen molar-refractivity contribution in [1.29, 1.82) is 0 Å². The number of aromatic nitrogens is 1. The van der Waals surface area contributed by atoms with Crippen LogP contribution < -0.4 is 0 Å². The van der Waals surface area contributed by atoms with Crippen LogP contribution in [0.4, 0.5) is 0 Å². The molecular weight excluding hydrogens is 446 g/mol. The van der Waals surface area contributed by atoms with Crippen molar-refractivity contribution in [2.45, 2.75) is 68.5 Å². The Kier molecular flexibility index (Phi) is 6.49. The highest BCUT2D eigenvalue weighted by Gasteiger charge is 2.39. The minimum atomic E-state index is -3.85. The van der Waals surface area contributed by atoms with Crippen LogP contribution in [0.1, 0.15) is 50.6 Å². The van der Waals surface area contributed by atoms with Crippen molar-refractivity contribution in [3.05, 3.63) is 66.5 Å². The van der Waals surface area contributed by atoms with Gasteiger partial charge in [-0.05, 0) is 49.3 Å². The number of amides is 1. The van der Waals surface area contributed by atoms with E-state index in [1.807, 2.05) is 65.2 Å². The van der Waals surface area contributed by atoms with Crippen LogP contribution in [-0.2, 0) is 28.4 Å². The fourth-order valence-electron chi connectivity index (χ4n) is 5.19. The summed E-state index contributed by atoms with van der Waals surface area (Å²) in [6, 6.07) is 17.0. The number of carbonyl (C=O) groups excluding carboxylic acids is 1. The maximum Gasteiger partial charge on any atom is 0.244 e. The molecule has 0 N–H and O–H groups in total. The van der Waals surface area contributed by atoms with Gasteiger partial charge in [-0.3, -0.25) is 4.79 Å². The highest BCUT2D eigenvalue weighted by atomic mass is 32.2. The summed E-state index contributed by atoms with van der Waals surface area (Å²) < 4.78 is 31.8. The van der Waals surface area contributed by atoms with Gasteiger partial charge in [0.2, 0.25) is 15.9 Å². The van der Waals surface area contributed by atoms with Crippen molar-refractivity contribution >= 4 is 26.7 Å². The van der Waals surface area contributed by atoms with Crippen molar-refractivity contribution in [3.8, 4) is 0 Å². The largest absolute Gasteiger partial charge is 0.353 e. The number of hydrogen-bond donors (Lipinski definition) is 0. The van der Waals surface area contributed by atoms with Gasteiger partial charge in [-0.15, -0.1) is 0 Å². The molecule has 0 spiro atoms. The first kappa shape index (κ1) is 23.1. The molecule has 1 amide bonds. The first-order valence-electron chi connectivity index (χ1n) is 12.3. The maximum atomic E-state index is 14.1. The highest BCUT2D eigenvalue weighted by Crippen LogP contribution is 2.33. The van der Waals surface area contributed by atoms with Gasteiger partial charge in [0.25, 0.3) is 0 Å². The first-order valence-corrected chi connectivity index (χ1v) is 13.8. The molecule has 5 rings (SSSR count). The van der Waals surface area contributed by atoms with Gasteiger partial charge in [0.15, 0.2) is 0 Å². The predicted octanol–water partition coefficient (Wildman–Crippen LogP) is 4.69. The zero-order valence-corrected chi connectivity index (χ0v) is 20.6. The summed E-state index contributed by atoms with van der Waals surface area (Å²) in [6.07, 6.45) is 8.66. The molecule has 7 heteroatoms. The van der Waals surface area contributed by atoms with E-state index in [9.17, 15) is 13.2 Å². The number of hydrogen-bond acceptors (Lipinski definition) is 3. The lowest BCUT2D eigenvalue weighted by atomic mass is 9.95. The Morgan fingerprint density at radius 1 is 0.912 bits per heavy atom. The molecule has 0 aliphatic heterocycles. The van der Waals surface area contributed by atoms with E-state index in [-0.39, 0.29) is 24.5 Å². The lowest BCUT2D eigenvalue weighted by molar-refractivity contribution is -0.133. The Labute approximate surface area is 202 Å². The molecule has 0 unspecified atom stereocenters. The Hall–Kier alpha value is -2.64. The minimum Gasteiger partial charge on any atom is -0.353 e. The maximum absolute atomic E-state index is 14.1. The third-order valence-corrected chi connectivity index (χ3v) is 9.26. The van der Waals surface area contributed by atoms with Crippen LogP contribution in [0, 0.1) is 0 Å². The van der Waals surface area contributed by atoms with Gasteiger partial charge in [-0.1, -0.05) is 55.7 Å². The van der Waals surface area contributed by atoms with Crippen LogP contribution >= 0.6 is 0 Å². The average Bonchev–Trinajstić information content (AvgIpc) is 3.62. The minimum absolute atomic E-state index is 0.0990. The monoisotopic (exact) mass is 479 g/mol. The van der Waals surface area contributed by atoms with Gasteiger partial charge < -0.3 is 9.47 Å². The second-order valence-electron chi connectivity index (χ2n) is 9.68. The summed E-state index contributed by atoms with van der Waals surface area (Å²) >= 11 is 0. The van der Waals surface area contributed by atoms with E-state index in [1.165, 1.54) is 4.31 Å². The van der Waals surface area contributed by atoms with Crippen LogP contribution in [-0.4, -0.2) is 46.7 Å².